The molecule has 0 spiro atoms. The summed E-state index contributed by atoms with van der Waals surface area (Å²) >= 11 is 2.20. The zero-order valence-electron chi connectivity index (χ0n) is 11.9. The first kappa shape index (κ1) is 16.0. The van der Waals surface area contributed by atoms with Gasteiger partial charge in [0.05, 0.1) is 6.61 Å². The standard InChI is InChI=1S/C17H18INO2/c1-2-21-12-14-8-6-13(7-9-14)11-19-17(20)15-4-3-5-16(18)10-15/h3-10H,2,11-12H2,1H3,(H,19,20). The van der Waals surface area contributed by atoms with E-state index in [4.69, 9.17) is 4.74 Å². The molecule has 21 heavy (non-hydrogen) atoms. The smallest absolute Gasteiger partial charge is 0.251 e. The Balaban J connectivity index is 1.89. The number of hydrogen-bond acceptors (Lipinski definition) is 2. The summed E-state index contributed by atoms with van der Waals surface area (Å²) in [5, 5.41) is 2.93. The summed E-state index contributed by atoms with van der Waals surface area (Å²) in [4.78, 5) is 12.0. The number of carbonyl (C=O) groups is 1. The SMILES string of the molecule is CCOCc1ccc(CNC(=O)c2cccc(I)c2)cc1. The highest BCUT2D eigenvalue weighted by Crippen LogP contribution is 2.09. The molecule has 0 aliphatic carbocycles. The Morgan fingerprint density at radius 3 is 2.52 bits per heavy atom. The van der Waals surface area contributed by atoms with Gasteiger partial charge in [0.15, 0.2) is 0 Å². The van der Waals surface area contributed by atoms with Gasteiger partial charge in [-0.3, -0.25) is 4.79 Å². The second-order valence-electron chi connectivity index (χ2n) is 4.65. The van der Waals surface area contributed by atoms with E-state index in [9.17, 15) is 4.79 Å². The first-order valence-electron chi connectivity index (χ1n) is 6.88. The van der Waals surface area contributed by atoms with Gasteiger partial charge in [-0.1, -0.05) is 30.3 Å². The number of rotatable bonds is 6. The predicted molar refractivity (Wildman–Crippen MR) is 92.1 cm³/mol. The zero-order chi connectivity index (χ0) is 15.1. The third-order valence-corrected chi connectivity index (χ3v) is 3.71. The van der Waals surface area contributed by atoms with Crippen molar-refractivity contribution in [2.75, 3.05) is 6.61 Å². The van der Waals surface area contributed by atoms with Crippen LogP contribution in [0.2, 0.25) is 0 Å². The van der Waals surface area contributed by atoms with Crippen LogP contribution in [-0.4, -0.2) is 12.5 Å². The van der Waals surface area contributed by atoms with Crippen molar-refractivity contribution in [1.29, 1.82) is 0 Å². The zero-order valence-corrected chi connectivity index (χ0v) is 14.1. The molecule has 0 unspecified atom stereocenters. The molecule has 0 saturated carbocycles. The van der Waals surface area contributed by atoms with Crippen molar-refractivity contribution >= 4 is 28.5 Å². The number of nitrogens with one attached hydrogen (secondary N) is 1. The fourth-order valence-corrected chi connectivity index (χ4v) is 2.43. The molecule has 2 aromatic rings. The molecule has 0 radical (unpaired) electrons. The van der Waals surface area contributed by atoms with Crippen molar-refractivity contribution in [3.05, 3.63) is 68.8 Å². The maximum absolute atomic E-state index is 12.0. The van der Waals surface area contributed by atoms with Crippen molar-refractivity contribution < 1.29 is 9.53 Å². The Morgan fingerprint density at radius 2 is 1.86 bits per heavy atom. The molecule has 0 fully saturated rings. The molecule has 0 aliphatic heterocycles. The summed E-state index contributed by atoms with van der Waals surface area (Å²) in [6, 6.07) is 15.6. The lowest BCUT2D eigenvalue weighted by atomic mass is 10.1. The Hall–Kier alpha value is -1.40. The van der Waals surface area contributed by atoms with E-state index in [1.807, 2.05) is 55.5 Å². The minimum absolute atomic E-state index is 0.0492. The summed E-state index contributed by atoms with van der Waals surface area (Å²) in [6.45, 7) is 3.85. The van der Waals surface area contributed by atoms with Gasteiger partial charge in [0, 0.05) is 22.3 Å². The van der Waals surface area contributed by atoms with Crippen LogP contribution in [0.4, 0.5) is 0 Å². The van der Waals surface area contributed by atoms with Crippen LogP contribution >= 0.6 is 22.6 Å². The highest BCUT2D eigenvalue weighted by Gasteiger charge is 2.05. The van der Waals surface area contributed by atoms with Crippen LogP contribution in [0.15, 0.2) is 48.5 Å². The molecule has 0 bridgehead atoms. The van der Waals surface area contributed by atoms with Gasteiger partial charge < -0.3 is 10.1 Å². The average Bonchev–Trinajstić information content (AvgIpc) is 2.51. The van der Waals surface area contributed by atoms with E-state index in [1.54, 1.807) is 0 Å². The lowest BCUT2D eigenvalue weighted by molar-refractivity contribution is 0.0951. The molecule has 2 aromatic carbocycles. The van der Waals surface area contributed by atoms with Crippen LogP contribution in [0.5, 0.6) is 0 Å². The lowest BCUT2D eigenvalue weighted by Crippen LogP contribution is -2.22. The van der Waals surface area contributed by atoms with Crippen molar-refractivity contribution in [2.24, 2.45) is 0 Å². The fraction of sp³-hybridized carbons (Fsp3) is 0.235. The summed E-state index contributed by atoms with van der Waals surface area (Å²) < 4.78 is 6.41. The first-order valence-corrected chi connectivity index (χ1v) is 7.96. The van der Waals surface area contributed by atoms with Crippen molar-refractivity contribution in [2.45, 2.75) is 20.1 Å². The molecule has 4 heteroatoms. The molecule has 0 saturated heterocycles. The Kier molecular flexibility index (Phi) is 6.20. The molecule has 3 nitrogen and oxygen atoms in total. The Bertz CT molecular complexity index is 596. The maximum Gasteiger partial charge on any atom is 0.251 e. The van der Waals surface area contributed by atoms with Gasteiger partial charge in [-0.15, -0.1) is 0 Å². The second kappa shape index (κ2) is 8.14. The van der Waals surface area contributed by atoms with Crippen LogP contribution < -0.4 is 5.32 Å². The van der Waals surface area contributed by atoms with E-state index in [0.717, 1.165) is 14.7 Å². The highest BCUT2D eigenvalue weighted by molar-refractivity contribution is 14.1. The number of benzene rings is 2. The van der Waals surface area contributed by atoms with Gasteiger partial charge in [-0.05, 0) is 58.8 Å². The summed E-state index contributed by atoms with van der Waals surface area (Å²) in [6.07, 6.45) is 0. The normalized spacial score (nSPS) is 10.4. The number of amides is 1. The Morgan fingerprint density at radius 1 is 1.14 bits per heavy atom. The number of carbonyl (C=O) groups excluding carboxylic acids is 1. The van der Waals surface area contributed by atoms with E-state index in [1.165, 1.54) is 0 Å². The topological polar surface area (TPSA) is 38.3 Å². The molecule has 0 aromatic heterocycles. The van der Waals surface area contributed by atoms with Gasteiger partial charge in [0.25, 0.3) is 5.91 Å². The lowest BCUT2D eigenvalue weighted by Gasteiger charge is -2.07. The molecular formula is C17H18INO2. The quantitative estimate of drug-likeness (QED) is 0.757. The molecule has 110 valence electrons. The van der Waals surface area contributed by atoms with Crippen LogP contribution in [0, 0.1) is 3.57 Å². The van der Waals surface area contributed by atoms with Crippen molar-refractivity contribution in [1.82, 2.24) is 5.32 Å². The van der Waals surface area contributed by atoms with Crippen LogP contribution in [0.25, 0.3) is 0 Å². The average molecular weight is 395 g/mol. The molecular weight excluding hydrogens is 377 g/mol. The summed E-state index contributed by atoms with van der Waals surface area (Å²) in [5.74, 6) is -0.0492. The van der Waals surface area contributed by atoms with E-state index in [-0.39, 0.29) is 5.91 Å². The maximum atomic E-state index is 12.0. The molecule has 0 aliphatic rings. The third-order valence-electron chi connectivity index (χ3n) is 3.04. The van der Waals surface area contributed by atoms with Gasteiger partial charge in [0.1, 0.15) is 0 Å². The first-order chi connectivity index (χ1) is 10.2. The molecule has 0 atom stereocenters. The third kappa shape index (κ3) is 5.13. The summed E-state index contributed by atoms with van der Waals surface area (Å²) in [5.41, 5.74) is 2.91. The second-order valence-corrected chi connectivity index (χ2v) is 5.89. The molecule has 1 amide bonds. The number of hydrogen-bond donors (Lipinski definition) is 1. The molecule has 2 rings (SSSR count). The van der Waals surface area contributed by atoms with Gasteiger partial charge >= 0.3 is 0 Å². The largest absolute Gasteiger partial charge is 0.377 e. The monoisotopic (exact) mass is 395 g/mol. The van der Waals surface area contributed by atoms with Crippen LogP contribution in [0.3, 0.4) is 0 Å². The Labute approximate surface area is 138 Å². The van der Waals surface area contributed by atoms with E-state index in [2.05, 4.69) is 27.9 Å². The molecule has 0 heterocycles. The van der Waals surface area contributed by atoms with Gasteiger partial charge in [-0.2, -0.15) is 0 Å². The van der Waals surface area contributed by atoms with Gasteiger partial charge in [0.2, 0.25) is 0 Å². The van der Waals surface area contributed by atoms with E-state index < -0.39 is 0 Å². The minimum atomic E-state index is -0.0492. The van der Waals surface area contributed by atoms with Crippen LogP contribution in [0.1, 0.15) is 28.4 Å². The minimum Gasteiger partial charge on any atom is -0.377 e. The van der Waals surface area contributed by atoms with E-state index in [0.29, 0.717) is 25.3 Å². The number of halogens is 1. The van der Waals surface area contributed by atoms with Crippen molar-refractivity contribution in [3.63, 3.8) is 0 Å². The number of ether oxygens (including phenoxy) is 1. The highest BCUT2D eigenvalue weighted by atomic mass is 127. The van der Waals surface area contributed by atoms with Crippen molar-refractivity contribution in [3.8, 4) is 0 Å². The fourth-order valence-electron chi connectivity index (χ4n) is 1.89. The van der Waals surface area contributed by atoms with Gasteiger partial charge in [-0.25, -0.2) is 0 Å². The van der Waals surface area contributed by atoms with E-state index >= 15 is 0 Å². The summed E-state index contributed by atoms with van der Waals surface area (Å²) in [7, 11) is 0. The predicted octanol–water partition coefficient (Wildman–Crippen LogP) is 3.76. The molecule has 1 N–H and O–H groups in total. The van der Waals surface area contributed by atoms with Crippen LogP contribution in [-0.2, 0) is 17.9 Å².